The molecule has 1 fully saturated rings. The lowest BCUT2D eigenvalue weighted by molar-refractivity contribution is -0.0374. The van der Waals surface area contributed by atoms with Gasteiger partial charge in [0.2, 0.25) is 0 Å². The second kappa shape index (κ2) is 11.6. The van der Waals surface area contributed by atoms with Gasteiger partial charge in [-0.1, -0.05) is 6.07 Å². The zero-order valence-electron chi connectivity index (χ0n) is 23.3. The van der Waals surface area contributed by atoms with Gasteiger partial charge in [-0.15, -0.1) is 0 Å². The summed E-state index contributed by atoms with van der Waals surface area (Å²) < 4.78 is 83.7. The molecule has 3 aromatic rings. The van der Waals surface area contributed by atoms with Crippen LogP contribution in [0, 0.1) is 11.6 Å². The third-order valence-electron chi connectivity index (χ3n) is 7.96. The number of nitrogens with one attached hydrogen (secondary N) is 1. The SMILES string of the molecule is COC(=O)c1ccc2c3c([nH]c2c1)[C@H](c1c(F)cc(O[C@H]2CCN(CCCF)C2)cc1F)N(CC(C)(F)F)[C@H](C)C3. The molecule has 222 valence electrons. The third-order valence-corrected chi connectivity index (χ3v) is 7.96. The summed E-state index contributed by atoms with van der Waals surface area (Å²) in [7, 11) is 1.27. The second-order valence-corrected chi connectivity index (χ2v) is 11.1. The van der Waals surface area contributed by atoms with Crippen molar-refractivity contribution in [2.45, 2.75) is 57.2 Å². The Kier molecular flexibility index (Phi) is 8.29. The molecule has 0 spiro atoms. The minimum Gasteiger partial charge on any atom is -0.489 e. The number of esters is 1. The van der Waals surface area contributed by atoms with Crippen molar-refractivity contribution in [3.05, 3.63) is 64.4 Å². The number of H-pyrrole nitrogens is 1. The Labute approximate surface area is 235 Å². The van der Waals surface area contributed by atoms with Crippen LogP contribution in [0.2, 0.25) is 0 Å². The van der Waals surface area contributed by atoms with Crippen molar-refractivity contribution < 1.29 is 36.2 Å². The van der Waals surface area contributed by atoms with Crippen molar-refractivity contribution in [2.75, 3.05) is 40.0 Å². The van der Waals surface area contributed by atoms with Gasteiger partial charge in [0.1, 0.15) is 23.5 Å². The van der Waals surface area contributed by atoms with Crippen LogP contribution in [-0.2, 0) is 11.2 Å². The van der Waals surface area contributed by atoms with Crippen LogP contribution in [0.5, 0.6) is 5.75 Å². The van der Waals surface area contributed by atoms with Crippen LogP contribution in [0.3, 0.4) is 0 Å². The molecule has 0 aliphatic carbocycles. The van der Waals surface area contributed by atoms with Crippen LogP contribution in [0.1, 0.15) is 59.9 Å². The molecular weight excluding hydrogens is 545 g/mol. The molecule has 0 amide bonds. The summed E-state index contributed by atoms with van der Waals surface area (Å²) >= 11 is 0. The van der Waals surface area contributed by atoms with Gasteiger partial charge in [0, 0.05) is 66.9 Å². The van der Waals surface area contributed by atoms with E-state index in [1.165, 1.54) is 12.0 Å². The van der Waals surface area contributed by atoms with Crippen LogP contribution in [0.15, 0.2) is 30.3 Å². The second-order valence-electron chi connectivity index (χ2n) is 11.1. The van der Waals surface area contributed by atoms with E-state index < -0.39 is 48.8 Å². The standard InChI is InChI=1S/C30H34F5N3O3/c1-17-11-22-21-6-5-18(29(39)40-3)12-25(21)36-27(22)28(38(17)16-30(2,34)35)26-23(32)13-20(14-24(26)33)41-19-7-10-37(15-19)9-4-8-31/h5-6,12-14,17,19,28,36H,4,7-11,15-16H2,1-3H3/t17-,19+,28+/m1/s1. The van der Waals surface area contributed by atoms with E-state index in [1.807, 2.05) is 4.90 Å². The van der Waals surface area contributed by atoms with Crippen molar-refractivity contribution in [1.82, 2.24) is 14.8 Å². The molecule has 11 heteroatoms. The number of methoxy groups -OCH3 is 1. The zero-order chi connectivity index (χ0) is 29.5. The van der Waals surface area contributed by atoms with E-state index in [0.717, 1.165) is 30.0 Å². The van der Waals surface area contributed by atoms with Crippen molar-refractivity contribution >= 4 is 16.9 Å². The number of ether oxygens (including phenoxy) is 2. The van der Waals surface area contributed by atoms with Gasteiger partial charge < -0.3 is 14.5 Å². The monoisotopic (exact) mass is 579 g/mol. The number of aromatic nitrogens is 1. The largest absolute Gasteiger partial charge is 0.489 e. The summed E-state index contributed by atoms with van der Waals surface area (Å²) in [5, 5.41) is 0.742. The maximum Gasteiger partial charge on any atom is 0.337 e. The Morgan fingerprint density at radius 1 is 1.17 bits per heavy atom. The molecule has 3 heterocycles. The minimum atomic E-state index is -3.12. The predicted molar refractivity (Wildman–Crippen MR) is 144 cm³/mol. The van der Waals surface area contributed by atoms with E-state index in [-0.39, 0.29) is 23.0 Å². The van der Waals surface area contributed by atoms with E-state index in [4.69, 9.17) is 9.47 Å². The number of carbonyl (C=O) groups excluding carboxylic acids is 1. The van der Waals surface area contributed by atoms with Gasteiger partial charge in [0.25, 0.3) is 5.92 Å². The first kappa shape index (κ1) is 29.3. The quantitative estimate of drug-likeness (QED) is 0.248. The molecule has 2 aliphatic heterocycles. The fourth-order valence-corrected chi connectivity index (χ4v) is 6.15. The van der Waals surface area contributed by atoms with E-state index in [9.17, 15) is 18.0 Å². The number of hydrogen-bond donors (Lipinski definition) is 1. The van der Waals surface area contributed by atoms with Crippen LogP contribution < -0.4 is 4.74 Å². The summed E-state index contributed by atoms with van der Waals surface area (Å²) in [6, 6.07) is 5.47. The van der Waals surface area contributed by atoms with Crippen molar-refractivity contribution in [2.24, 2.45) is 0 Å². The number of alkyl halides is 3. The van der Waals surface area contributed by atoms with E-state index in [0.29, 0.717) is 50.1 Å². The lowest BCUT2D eigenvalue weighted by Gasteiger charge is -2.42. The molecule has 3 atom stereocenters. The molecule has 41 heavy (non-hydrogen) atoms. The first-order valence-corrected chi connectivity index (χ1v) is 13.8. The molecule has 2 aromatic carbocycles. The van der Waals surface area contributed by atoms with E-state index in [1.54, 1.807) is 25.1 Å². The summed E-state index contributed by atoms with van der Waals surface area (Å²) in [5.74, 6) is -5.47. The number of fused-ring (bicyclic) bond motifs is 3. The molecule has 0 saturated carbocycles. The molecule has 6 nitrogen and oxygen atoms in total. The summed E-state index contributed by atoms with van der Waals surface area (Å²) in [5.41, 5.74) is 1.62. The van der Waals surface area contributed by atoms with Gasteiger partial charge in [-0.3, -0.25) is 14.2 Å². The van der Waals surface area contributed by atoms with Crippen LogP contribution >= 0.6 is 0 Å². The molecule has 0 radical (unpaired) electrons. The number of carbonyl (C=O) groups is 1. The molecule has 5 rings (SSSR count). The lowest BCUT2D eigenvalue weighted by atomic mass is 9.87. The van der Waals surface area contributed by atoms with Crippen molar-refractivity contribution in [3.8, 4) is 5.75 Å². The van der Waals surface area contributed by atoms with Gasteiger partial charge in [0.05, 0.1) is 31.9 Å². The summed E-state index contributed by atoms with van der Waals surface area (Å²) in [6.07, 6.45) is 1.12. The highest BCUT2D eigenvalue weighted by molar-refractivity contribution is 5.96. The Morgan fingerprint density at radius 2 is 1.90 bits per heavy atom. The first-order valence-electron chi connectivity index (χ1n) is 13.8. The highest BCUT2D eigenvalue weighted by atomic mass is 19.3. The molecule has 0 bridgehead atoms. The van der Waals surface area contributed by atoms with Crippen LogP contribution in [0.4, 0.5) is 22.0 Å². The predicted octanol–water partition coefficient (Wildman–Crippen LogP) is 6.04. The van der Waals surface area contributed by atoms with E-state index >= 15 is 8.78 Å². The van der Waals surface area contributed by atoms with E-state index in [2.05, 4.69) is 4.98 Å². The molecule has 0 unspecified atom stereocenters. The maximum absolute atomic E-state index is 15.8. The number of benzene rings is 2. The number of halogens is 5. The lowest BCUT2D eigenvalue weighted by Crippen LogP contribution is -2.47. The highest BCUT2D eigenvalue weighted by Crippen LogP contribution is 2.44. The Balaban J connectivity index is 1.53. The molecule has 2 aliphatic rings. The van der Waals surface area contributed by atoms with Crippen LogP contribution in [-0.4, -0.2) is 78.8 Å². The van der Waals surface area contributed by atoms with Gasteiger partial charge >= 0.3 is 5.97 Å². The first-order chi connectivity index (χ1) is 19.5. The molecule has 1 aromatic heterocycles. The molecular formula is C30H34F5N3O3. The number of nitrogens with zero attached hydrogens (tertiary/aromatic N) is 2. The van der Waals surface area contributed by atoms with Gasteiger partial charge in [-0.2, -0.15) is 0 Å². The molecule has 1 N–H and O–H groups in total. The van der Waals surface area contributed by atoms with Crippen molar-refractivity contribution in [3.63, 3.8) is 0 Å². The fourth-order valence-electron chi connectivity index (χ4n) is 6.15. The number of rotatable bonds is 9. The Bertz CT molecular complexity index is 1400. The Morgan fingerprint density at radius 3 is 2.56 bits per heavy atom. The maximum atomic E-state index is 15.8. The summed E-state index contributed by atoms with van der Waals surface area (Å²) in [4.78, 5) is 18.7. The number of likely N-dealkylation sites (tertiary alicyclic amines) is 1. The Hall–Kier alpha value is -3.18. The average molecular weight is 580 g/mol. The topological polar surface area (TPSA) is 57.8 Å². The van der Waals surface area contributed by atoms with Gasteiger partial charge in [-0.25, -0.2) is 22.4 Å². The fraction of sp³-hybridized carbons (Fsp3) is 0.500. The smallest absolute Gasteiger partial charge is 0.337 e. The number of hydrogen-bond acceptors (Lipinski definition) is 5. The summed E-state index contributed by atoms with van der Waals surface area (Å²) in [6.45, 7) is 3.22. The highest BCUT2D eigenvalue weighted by Gasteiger charge is 2.42. The van der Waals surface area contributed by atoms with Crippen molar-refractivity contribution in [1.29, 1.82) is 0 Å². The zero-order valence-corrected chi connectivity index (χ0v) is 23.3. The normalized spacial score (nSPS) is 21.8. The average Bonchev–Trinajstić information content (AvgIpc) is 3.51. The number of aromatic amines is 1. The van der Waals surface area contributed by atoms with Gasteiger partial charge in [-0.05, 0) is 43.9 Å². The minimum absolute atomic E-state index is 0.0110. The van der Waals surface area contributed by atoms with Gasteiger partial charge in [0.15, 0.2) is 0 Å². The third kappa shape index (κ3) is 6.06. The van der Waals surface area contributed by atoms with Crippen LogP contribution in [0.25, 0.3) is 10.9 Å². The molecule has 1 saturated heterocycles.